The van der Waals surface area contributed by atoms with Crippen LogP contribution in [0, 0.1) is 0 Å². The van der Waals surface area contributed by atoms with Crippen LogP contribution in [0.3, 0.4) is 0 Å². The van der Waals surface area contributed by atoms with Crippen LogP contribution in [0.4, 0.5) is 10.6 Å². The van der Waals surface area contributed by atoms with Crippen LogP contribution >= 0.6 is 0 Å². The summed E-state index contributed by atoms with van der Waals surface area (Å²) < 4.78 is 11.8. The van der Waals surface area contributed by atoms with Gasteiger partial charge in [0.15, 0.2) is 0 Å². The lowest BCUT2D eigenvalue weighted by Gasteiger charge is -2.35. The maximum atomic E-state index is 12.1. The van der Waals surface area contributed by atoms with Gasteiger partial charge in [-0.2, -0.15) is 0 Å². The summed E-state index contributed by atoms with van der Waals surface area (Å²) in [4.78, 5) is 26.4. The van der Waals surface area contributed by atoms with Gasteiger partial charge in [-0.3, -0.25) is 0 Å². The van der Waals surface area contributed by atoms with E-state index >= 15 is 0 Å². The normalized spacial score (nSPS) is 22.1. The van der Waals surface area contributed by atoms with Gasteiger partial charge in [-0.15, -0.1) is 0 Å². The van der Waals surface area contributed by atoms with Crippen molar-refractivity contribution in [3.05, 3.63) is 35.7 Å². The monoisotopic (exact) mass is 525 g/mol. The Kier molecular flexibility index (Phi) is 7.83. The highest BCUT2D eigenvalue weighted by Gasteiger charge is 2.41. The van der Waals surface area contributed by atoms with E-state index in [9.17, 15) is 9.90 Å². The van der Waals surface area contributed by atoms with Crippen LogP contribution in [0.5, 0.6) is 5.75 Å². The number of ether oxygens (including phenoxy) is 2. The largest absolute Gasteiger partial charge is 0.490 e. The number of nitrogens with one attached hydrogen (secondary N) is 1. The second-order valence-corrected chi connectivity index (χ2v) is 11.6. The zero-order valence-electron chi connectivity index (χ0n) is 23.1. The second-order valence-electron chi connectivity index (χ2n) is 11.6. The van der Waals surface area contributed by atoms with Crippen molar-refractivity contribution in [2.45, 2.75) is 96.5 Å². The van der Waals surface area contributed by atoms with Crippen LogP contribution in [0.25, 0.3) is 11.3 Å². The average molecular weight is 526 g/mol. The molecule has 4 N–H and O–H groups in total. The van der Waals surface area contributed by atoms with E-state index in [0.29, 0.717) is 11.5 Å². The Morgan fingerprint density at radius 1 is 1.21 bits per heavy atom. The number of benzene rings is 1. The van der Waals surface area contributed by atoms with Gasteiger partial charge < -0.3 is 30.5 Å². The molecule has 1 amide bonds. The number of carbonyl (C=O) groups is 1. The molecule has 1 atom stereocenters. The number of aromatic nitrogens is 2. The molecule has 0 spiro atoms. The highest BCUT2D eigenvalue weighted by Crippen LogP contribution is 2.45. The molecule has 0 aliphatic heterocycles. The highest BCUT2D eigenvalue weighted by atomic mass is 16.6. The first-order chi connectivity index (χ1) is 17.8. The SMILES string of the molecule is CC(O)CO/N=C1\c2cc(OC3CCC(NC(=O)OC(C)(C)C)CC3)ccc2-c2ncnc(N)c2C1(C)C. The molecule has 0 bridgehead atoms. The Morgan fingerprint density at radius 2 is 1.92 bits per heavy atom. The number of hydrogen-bond acceptors (Lipinski definition) is 9. The molecule has 1 saturated carbocycles. The number of nitrogens with zero attached hydrogens (tertiary/aromatic N) is 3. The number of oxime groups is 1. The topological polar surface area (TPSA) is 141 Å². The van der Waals surface area contributed by atoms with Crippen LogP contribution in [0.2, 0.25) is 0 Å². The van der Waals surface area contributed by atoms with E-state index < -0.39 is 17.1 Å². The molecule has 10 heteroatoms. The Balaban J connectivity index is 1.53. The molecule has 1 heterocycles. The van der Waals surface area contributed by atoms with Gasteiger partial charge in [0.2, 0.25) is 0 Å². The molecule has 1 aromatic heterocycles. The Morgan fingerprint density at radius 3 is 2.58 bits per heavy atom. The number of fused-ring (bicyclic) bond motifs is 3. The number of amides is 1. The summed E-state index contributed by atoms with van der Waals surface area (Å²) in [6.07, 6.45) is 3.71. The van der Waals surface area contributed by atoms with Crippen molar-refractivity contribution >= 4 is 17.6 Å². The summed E-state index contributed by atoms with van der Waals surface area (Å²) in [7, 11) is 0. The third-order valence-corrected chi connectivity index (χ3v) is 6.76. The van der Waals surface area contributed by atoms with Crippen molar-refractivity contribution in [2.24, 2.45) is 5.16 Å². The first-order valence-electron chi connectivity index (χ1n) is 13.2. The third-order valence-electron chi connectivity index (χ3n) is 6.76. The fraction of sp³-hybridized carbons (Fsp3) is 0.571. The van der Waals surface area contributed by atoms with Gasteiger partial charge in [0.05, 0.1) is 23.6 Å². The van der Waals surface area contributed by atoms with Crippen molar-refractivity contribution in [3.63, 3.8) is 0 Å². The van der Waals surface area contributed by atoms with E-state index in [4.69, 9.17) is 20.0 Å². The Bertz CT molecular complexity index is 1200. The van der Waals surface area contributed by atoms with E-state index in [1.54, 1.807) is 6.92 Å². The maximum absolute atomic E-state index is 12.1. The number of aliphatic hydroxyl groups excluding tert-OH is 1. The Labute approximate surface area is 224 Å². The standard InChI is InChI=1S/C28H39N5O5/c1-16(34)14-36-33-24-21-13-19(11-12-20(21)23-22(28(24,5)6)25(29)31-15-30-23)37-18-9-7-17(8-10-18)32-26(35)38-27(2,3)4/h11-13,15-18,34H,7-10,14H2,1-6H3,(H,32,35)(H2,29,30,31)/b33-24+. The zero-order valence-corrected chi connectivity index (χ0v) is 23.1. The molecule has 2 aliphatic carbocycles. The van der Waals surface area contributed by atoms with Crippen LogP contribution < -0.4 is 15.8 Å². The van der Waals surface area contributed by atoms with E-state index in [1.807, 2.05) is 52.8 Å². The molecule has 2 aromatic rings. The number of rotatable bonds is 6. The summed E-state index contributed by atoms with van der Waals surface area (Å²) in [5.41, 5.74) is 9.04. The van der Waals surface area contributed by atoms with Crippen molar-refractivity contribution < 1.29 is 24.2 Å². The fourth-order valence-corrected chi connectivity index (χ4v) is 5.04. The van der Waals surface area contributed by atoms with Crippen LogP contribution in [0.15, 0.2) is 29.7 Å². The van der Waals surface area contributed by atoms with Gasteiger partial charge >= 0.3 is 6.09 Å². The van der Waals surface area contributed by atoms with Crippen molar-refractivity contribution in [2.75, 3.05) is 12.3 Å². The molecule has 10 nitrogen and oxygen atoms in total. The number of anilines is 1. The summed E-state index contributed by atoms with van der Waals surface area (Å²) in [5, 5.41) is 17.1. The van der Waals surface area contributed by atoms with E-state index in [-0.39, 0.29) is 24.8 Å². The molecule has 4 rings (SSSR count). The van der Waals surface area contributed by atoms with Gasteiger partial charge in [-0.05, 0) is 85.4 Å². The number of aliphatic hydroxyl groups is 1. The molecule has 38 heavy (non-hydrogen) atoms. The lowest BCUT2D eigenvalue weighted by Crippen LogP contribution is -2.42. The molecule has 1 aromatic carbocycles. The second kappa shape index (κ2) is 10.8. The molecular weight excluding hydrogens is 486 g/mol. The molecule has 206 valence electrons. The average Bonchev–Trinajstić information content (AvgIpc) is 2.81. The van der Waals surface area contributed by atoms with E-state index in [2.05, 4.69) is 20.4 Å². The molecule has 0 radical (unpaired) electrons. The van der Waals surface area contributed by atoms with Crippen molar-refractivity contribution in [3.8, 4) is 17.0 Å². The van der Waals surface area contributed by atoms with Crippen LogP contribution in [-0.2, 0) is 15.0 Å². The predicted octanol–water partition coefficient (Wildman–Crippen LogP) is 4.33. The van der Waals surface area contributed by atoms with Crippen molar-refractivity contribution in [1.29, 1.82) is 0 Å². The molecule has 1 unspecified atom stereocenters. The molecule has 2 aliphatic rings. The number of carbonyl (C=O) groups excluding carboxylic acids is 1. The van der Waals surface area contributed by atoms with E-state index in [1.165, 1.54) is 6.33 Å². The smallest absolute Gasteiger partial charge is 0.407 e. The van der Waals surface area contributed by atoms with Gasteiger partial charge in [-0.1, -0.05) is 5.16 Å². The summed E-state index contributed by atoms with van der Waals surface area (Å²) in [6, 6.07) is 5.93. The first-order valence-corrected chi connectivity index (χ1v) is 13.2. The third kappa shape index (κ3) is 6.18. The molecule has 0 saturated heterocycles. The summed E-state index contributed by atoms with van der Waals surface area (Å²) in [5.74, 6) is 1.11. The van der Waals surface area contributed by atoms with E-state index in [0.717, 1.165) is 53.8 Å². The minimum Gasteiger partial charge on any atom is -0.490 e. The molecule has 1 fully saturated rings. The van der Waals surface area contributed by atoms with Gasteiger partial charge in [-0.25, -0.2) is 14.8 Å². The van der Waals surface area contributed by atoms with Crippen molar-refractivity contribution in [1.82, 2.24) is 15.3 Å². The summed E-state index contributed by atoms with van der Waals surface area (Å²) >= 11 is 0. The predicted molar refractivity (Wildman–Crippen MR) is 145 cm³/mol. The van der Waals surface area contributed by atoms with Crippen LogP contribution in [0.1, 0.15) is 78.4 Å². The number of hydrogen-bond donors (Lipinski definition) is 3. The lowest BCUT2D eigenvalue weighted by atomic mass is 9.70. The minimum atomic E-state index is -0.652. The van der Waals surface area contributed by atoms with Gasteiger partial charge in [0.1, 0.15) is 30.1 Å². The van der Waals surface area contributed by atoms with Crippen LogP contribution in [-0.4, -0.2) is 57.3 Å². The quantitative estimate of drug-likeness (QED) is 0.473. The minimum absolute atomic E-state index is 0.0264. The zero-order chi connectivity index (χ0) is 27.7. The van der Waals surface area contributed by atoms with Gasteiger partial charge in [0.25, 0.3) is 0 Å². The number of nitrogens with two attached hydrogens (primary N) is 1. The Hall–Kier alpha value is -3.40. The number of nitrogen functional groups attached to an aromatic ring is 1. The lowest BCUT2D eigenvalue weighted by molar-refractivity contribution is 0.0470. The maximum Gasteiger partial charge on any atom is 0.407 e. The first kappa shape index (κ1) is 27.6. The fourth-order valence-electron chi connectivity index (χ4n) is 5.04. The van der Waals surface area contributed by atoms with Gasteiger partial charge in [0, 0.05) is 28.1 Å². The molecular formula is C28H39N5O5. The number of alkyl carbamates (subject to hydrolysis) is 1. The highest BCUT2D eigenvalue weighted by molar-refractivity contribution is 6.15. The summed E-state index contributed by atoms with van der Waals surface area (Å²) in [6.45, 7) is 11.3.